The number of nitrogens with zero attached hydrogens (tertiary/aromatic N) is 2. The molecule has 1 aliphatic carbocycles. The van der Waals surface area contributed by atoms with Crippen LogP contribution in [-0.2, 0) is 26.0 Å². The zero-order valence-electron chi connectivity index (χ0n) is 21.4. The van der Waals surface area contributed by atoms with Gasteiger partial charge in [0.25, 0.3) is 0 Å². The Labute approximate surface area is 214 Å². The number of amides is 2. The molecule has 2 aromatic carbocycles. The highest BCUT2D eigenvalue weighted by molar-refractivity contribution is 7.92. The fraction of sp³-hybridized carbons (Fsp3) is 0.481. The van der Waals surface area contributed by atoms with Crippen molar-refractivity contribution in [1.29, 1.82) is 0 Å². The summed E-state index contributed by atoms with van der Waals surface area (Å²) in [5, 5.41) is 3.10. The number of benzene rings is 2. The summed E-state index contributed by atoms with van der Waals surface area (Å²) in [6, 6.07) is 15.6. The van der Waals surface area contributed by atoms with Gasteiger partial charge < -0.3 is 15.0 Å². The lowest BCUT2D eigenvalue weighted by Gasteiger charge is -2.33. The van der Waals surface area contributed by atoms with Gasteiger partial charge in [-0.1, -0.05) is 55.7 Å². The van der Waals surface area contributed by atoms with E-state index in [0.29, 0.717) is 17.9 Å². The predicted octanol–water partition coefficient (Wildman–Crippen LogP) is 3.37. The summed E-state index contributed by atoms with van der Waals surface area (Å²) in [5.41, 5.74) is 1.36. The zero-order chi connectivity index (χ0) is 26.1. The summed E-state index contributed by atoms with van der Waals surface area (Å²) in [5.74, 6) is -0.171. The van der Waals surface area contributed by atoms with Crippen LogP contribution in [0, 0.1) is 0 Å². The van der Waals surface area contributed by atoms with Crippen LogP contribution >= 0.6 is 0 Å². The molecule has 0 aromatic heterocycles. The Morgan fingerprint density at radius 3 is 2.39 bits per heavy atom. The quantitative estimate of drug-likeness (QED) is 0.495. The maximum atomic E-state index is 13.6. The van der Waals surface area contributed by atoms with Gasteiger partial charge in [0.15, 0.2) is 0 Å². The van der Waals surface area contributed by atoms with Crippen molar-refractivity contribution >= 4 is 27.5 Å². The molecule has 2 aromatic rings. The standard InChI is InChI=1S/C27H37N3O5S/c1-21(27(32)28-23-13-8-5-9-14-23)29(18-17-22-11-6-4-7-12-22)26(31)20-30(36(3,33)34)24-15-10-16-25(19-24)35-2/h4,6-7,10-12,15-16,19,21,23H,5,8-9,13-14,17-18,20H2,1-3H3,(H,28,32). The third kappa shape index (κ3) is 7.71. The van der Waals surface area contributed by atoms with Crippen LogP contribution in [0.15, 0.2) is 54.6 Å². The maximum absolute atomic E-state index is 13.6. The first-order chi connectivity index (χ1) is 17.2. The number of hydrogen-bond donors (Lipinski definition) is 1. The minimum absolute atomic E-state index is 0.115. The molecule has 1 fully saturated rings. The largest absolute Gasteiger partial charge is 0.497 e. The van der Waals surface area contributed by atoms with Crippen molar-refractivity contribution < 1.29 is 22.7 Å². The summed E-state index contributed by atoms with van der Waals surface area (Å²) < 4.78 is 31.6. The lowest BCUT2D eigenvalue weighted by molar-refractivity contribution is -0.139. The monoisotopic (exact) mass is 515 g/mol. The second-order valence-corrected chi connectivity index (χ2v) is 11.2. The smallest absolute Gasteiger partial charge is 0.244 e. The Hall–Kier alpha value is -3.07. The van der Waals surface area contributed by atoms with Gasteiger partial charge in [-0.15, -0.1) is 0 Å². The summed E-state index contributed by atoms with van der Waals surface area (Å²) in [6.07, 6.45) is 6.83. The number of methoxy groups -OCH3 is 1. The van der Waals surface area contributed by atoms with Gasteiger partial charge in [0.05, 0.1) is 19.1 Å². The molecule has 1 atom stereocenters. The molecule has 1 N–H and O–H groups in total. The van der Waals surface area contributed by atoms with E-state index in [2.05, 4.69) is 5.32 Å². The van der Waals surface area contributed by atoms with Crippen LogP contribution in [0.1, 0.15) is 44.6 Å². The van der Waals surface area contributed by atoms with E-state index < -0.39 is 28.5 Å². The second-order valence-electron chi connectivity index (χ2n) is 9.31. The minimum atomic E-state index is -3.78. The molecule has 9 heteroatoms. The molecule has 1 saturated carbocycles. The molecule has 196 valence electrons. The summed E-state index contributed by atoms with van der Waals surface area (Å²) in [6.45, 7) is 1.58. The number of sulfonamides is 1. The second kappa shape index (κ2) is 12.8. The molecule has 0 saturated heterocycles. The van der Waals surface area contributed by atoms with Crippen molar-refractivity contribution in [2.45, 2.75) is 57.5 Å². The minimum Gasteiger partial charge on any atom is -0.497 e. The Kier molecular flexibility index (Phi) is 9.75. The normalized spacial score (nSPS) is 15.1. The Balaban J connectivity index is 1.82. The van der Waals surface area contributed by atoms with E-state index in [-0.39, 0.29) is 18.5 Å². The highest BCUT2D eigenvalue weighted by Gasteiger charge is 2.31. The summed E-state index contributed by atoms with van der Waals surface area (Å²) in [7, 11) is -2.28. The number of ether oxygens (including phenoxy) is 1. The molecule has 36 heavy (non-hydrogen) atoms. The molecular formula is C27H37N3O5S. The van der Waals surface area contributed by atoms with Gasteiger partial charge in [0, 0.05) is 18.7 Å². The first-order valence-corrected chi connectivity index (χ1v) is 14.3. The van der Waals surface area contributed by atoms with E-state index in [1.807, 2.05) is 30.3 Å². The third-order valence-electron chi connectivity index (χ3n) is 6.62. The number of rotatable bonds is 11. The van der Waals surface area contributed by atoms with Crippen molar-refractivity contribution in [3.05, 3.63) is 60.2 Å². The maximum Gasteiger partial charge on any atom is 0.244 e. The average Bonchev–Trinajstić information content (AvgIpc) is 2.87. The van der Waals surface area contributed by atoms with Crippen molar-refractivity contribution in [1.82, 2.24) is 10.2 Å². The van der Waals surface area contributed by atoms with Gasteiger partial charge in [-0.25, -0.2) is 8.42 Å². The Morgan fingerprint density at radius 1 is 1.06 bits per heavy atom. The van der Waals surface area contributed by atoms with E-state index >= 15 is 0 Å². The van der Waals surface area contributed by atoms with Crippen molar-refractivity contribution in [2.75, 3.05) is 30.8 Å². The molecular weight excluding hydrogens is 478 g/mol. The van der Waals surface area contributed by atoms with Gasteiger partial charge in [-0.2, -0.15) is 0 Å². The summed E-state index contributed by atoms with van der Waals surface area (Å²) in [4.78, 5) is 28.2. The fourth-order valence-corrected chi connectivity index (χ4v) is 5.36. The fourth-order valence-electron chi connectivity index (χ4n) is 4.52. The third-order valence-corrected chi connectivity index (χ3v) is 7.76. The number of anilines is 1. The van der Waals surface area contributed by atoms with E-state index in [9.17, 15) is 18.0 Å². The highest BCUT2D eigenvalue weighted by atomic mass is 32.2. The molecule has 0 aliphatic heterocycles. The van der Waals surface area contributed by atoms with Crippen molar-refractivity contribution in [3.8, 4) is 5.75 Å². The van der Waals surface area contributed by atoms with Gasteiger partial charge in [0.1, 0.15) is 18.3 Å². The number of nitrogens with one attached hydrogen (secondary N) is 1. The van der Waals surface area contributed by atoms with Gasteiger partial charge in [0.2, 0.25) is 21.8 Å². The van der Waals surface area contributed by atoms with Gasteiger partial charge in [-0.3, -0.25) is 13.9 Å². The highest BCUT2D eigenvalue weighted by Crippen LogP contribution is 2.24. The average molecular weight is 516 g/mol. The molecule has 1 aliphatic rings. The van der Waals surface area contributed by atoms with Crippen LogP contribution in [-0.4, -0.2) is 63.7 Å². The topological polar surface area (TPSA) is 96.0 Å². The van der Waals surface area contributed by atoms with Crippen LogP contribution in [0.5, 0.6) is 5.75 Å². The molecule has 0 spiro atoms. The first-order valence-electron chi connectivity index (χ1n) is 12.4. The predicted molar refractivity (Wildman–Crippen MR) is 142 cm³/mol. The van der Waals surface area contributed by atoms with E-state index in [4.69, 9.17) is 4.74 Å². The lowest BCUT2D eigenvalue weighted by atomic mass is 9.95. The van der Waals surface area contributed by atoms with Crippen molar-refractivity contribution in [2.24, 2.45) is 0 Å². The lowest BCUT2D eigenvalue weighted by Crippen LogP contribution is -2.53. The van der Waals surface area contributed by atoms with Gasteiger partial charge >= 0.3 is 0 Å². The number of carbonyl (C=O) groups is 2. The molecule has 2 amide bonds. The SMILES string of the molecule is COc1cccc(N(CC(=O)N(CCc2ccccc2)C(C)C(=O)NC2CCCCC2)S(C)(=O)=O)c1. The van der Waals surface area contributed by atoms with Crippen LogP contribution in [0.2, 0.25) is 0 Å². The van der Waals surface area contributed by atoms with Crippen LogP contribution in [0.25, 0.3) is 0 Å². The molecule has 0 radical (unpaired) electrons. The number of carbonyl (C=O) groups excluding carboxylic acids is 2. The van der Waals surface area contributed by atoms with E-state index in [1.165, 1.54) is 18.4 Å². The molecule has 0 bridgehead atoms. The van der Waals surface area contributed by atoms with E-state index in [1.54, 1.807) is 31.2 Å². The Morgan fingerprint density at radius 2 is 1.75 bits per heavy atom. The molecule has 3 rings (SSSR count). The van der Waals surface area contributed by atoms with Crippen molar-refractivity contribution in [3.63, 3.8) is 0 Å². The number of hydrogen-bond acceptors (Lipinski definition) is 5. The molecule has 8 nitrogen and oxygen atoms in total. The molecule has 0 heterocycles. The first kappa shape index (κ1) is 27.5. The zero-order valence-corrected chi connectivity index (χ0v) is 22.2. The van der Waals surface area contributed by atoms with Crippen LogP contribution in [0.4, 0.5) is 5.69 Å². The molecule has 1 unspecified atom stereocenters. The van der Waals surface area contributed by atoms with Gasteiger partial charge in [-0.05, 0) is 43.9 Å². The van der Waals surface area contributed by atoms with Crippen LogP contribution < -0.4 is 14.4 Å². The van der Waals surface area contributed by atoms with Crippen LogP contribution in [0.3, 0.4) is 0 Å². The summed E-state index contributed by atoms with van der Waals surface area (Å²) >= 11 is 0. The Bertz CT molecular complexity index is 1120. The van der Waals surface area contributed by atoms with E-state index in [0.717, 1.165) is 41.8 Å².